The topological polar surface area (TPSA) is 44.8 Å². The van der Waals surface area contributed by atoms with Crippen LogP contribution in [-0.2, 0) is 0 Å². The van der Waals surface area contributed by atoms with E-state index < -0.39 is 0 Å². The fourth-order valence-electron chi connectivity index (χ4n) is 2.36. The summed E-state index contributed by atoms with van der Waals surface area (Å²) < 4.78 is 15.9. The number of ether oxygens (including phenoxy) is 3. The molecule has 20 heavy (non-hydrogen) atoms. The maximum absolute atomic E-state index is 12.6. The summed E-state index contributed by atoms with van der Waals surface area (Å²) in [6.07, 6.45) is 3.26. The van der Waals surface area contributed by atoms with E-state index >= 15 is 0 Å². The average molecular weight is 296 g/mol. The Kier molecular flexibility index (Phi) is 5.17. The zero-order valence-corrected chi connectivity index (χ0v) is 12.9. The predicted octanol–water partition coefficient (Wildman–Crippen LogP) is 3.18. The first-order valence-corrected chi connectivity index (χ1v) is 7.72. The molecule has 110 valence electrons. The normalized spacial score (nSPS) is 18.4. The molecule has 1 saturated heterocycles. The van der Waals surface area contributed by atoms with Crippen molar-refractivity contribution >= 4 is 17.5 Å². The molecule has 4 nitrogen and oxygen atoms in total. The van der Waals surface area contributed by atoms with Crippen molar-refractivity contribution in [1.29, 1.82) is 0 Å². The minimum absolute atomic E-state index is 0.0477. The molecule has 0 aliphatic carbocycles. The van der Waals surface area contributed by atoms with Crippen LogP contribution in [0.5, 0.6) is 17.2 Å². The lowest BCUT2D eigenvalue weighted by Crippen LogP contribution is -2.21. The van der Waals surface area contributed by atoms with Crippen LogP contribution in [0.1, 0.15) is 29.6 Å². The highest BCUT2D eigenvalue weighted by Crippen LogP contribution is 2.39. The first-order valence-electron chi connectivity index (χ1n) is 6.67. The molecule has 0 N–H and O–H groups in total. The van der Waals surface area contributed by atoms with E-state index in [-0.39, 0.29) is 11.0 Å². The first-order chi connectivity index (χ1) is 9.71. The SMILES string of the molecule is COc1cc(C(=O)C2CCCCS2)cc(OC)c1OC. The summed E-state index contributed by atoms with van der Waals surface area (Å²) in [5, 5.41) is 0.0477. The Morgan fingerprint density at radius 1 is 1.10 bits per heavy atom. The molecule has 1 aromatic carbocycles. The summed E-state index contributed by atoms with van der Waals surface area (Å²) in [5.74, 6) is 2.77. The van der Waals surface area contributed by atoms with Crippen LogP contribution in [0.2, 0.25) is 0 Å². The molecule has 1 aromatic rings. The number of carbonyl (C=O) groups excluding carboxylic acids is 1. The van der Waals surface area contributed by atoms with Gasteiger partial charge in [-0.2, -0.15) is 11.8 Å². The van der Waals surface area contributed by atoms with Crippen LogP contribution >= 0.6 is 11.8 Å². The van der Waals surface area contributed by atoms with Crippen LogP contribution < -0.4 is 14.2 Å². The van der Waals surface area contributed by atoms with Crippen LogP contribution in [0.3, 0.4) is 0 Å². The van der Waals surface area contributed by atoms with Gasteiger partial charge in [-0.1, -0.05) is 6.42 Å². The van der Waals surface area contributed by atoms with Crippen molar-refractivity contribution in [2.75, 3.05) is 27.1 Å². The van der Waals surface area contributed by atoms with Crippen LogP contribution in [0.25, 0.3) is 0 Å². The summed E-state index contributed by atoms with van der Waals surface area (Å²) >= 11 is 1.74. The molecule has 0 aromatic heterocycles. The molecule has 1 aliphatic rings. The van der Waals surface area contributed by atoms with Gasteiger partial charge in [-0.15, -0.1) is 0 Å². The molecular weight excluding hydrogens is 276 g/mol. The third-order valence-electron chi connectivity index (χ3n) is 3.42. The Morgan fingerprint density at radius 3 is 2.20 bits per heavy atom. The van der Waals surface area contributed by atoms with Crippen molar-refractivity contribution in [3.05, 3.63) is 17.7 Å². The lowest BCUT2D eigenvalue weighted by Gasteiger charge is -2.21. The standard InChI is InChI=1S/C15H20O4S/c1-17-11-8-10(9-12(18-2)15(11)19-3)14(16)13-6-4-5-7-20-13/h8-9,13H,4-7H2,1-3H3. The third kappa shape index (κ3) is 3.03. The Hall–Kier alpha value is -1.36. The molecule has 1 fully saturated rings. The number of carbonyl (C=O) groups is 1. The molecule has 2 rings (SSSR count). The van der Waals surface area contributed by atoms with Gasteiger partial charge in [0.2, 0.25) is 5.75 Å². The summed E-state index contributed by atoms with van der Waals surface area (Å²) in [6, 6.07) is 3.47. The van der Waals surface area contributed by atoms with Gasteiger partial charge < -0.3 is 14.2 Å². The second-order valence-electron chi connectivity index (χ2n) is 4.63. The maximum atomic E-state index is 12.6. The molecule has 0 spiro atoms. The van der Waals surface area contributed by atoms with Gasteiger partial charge in [-0.05, 0) is 30.7 Å². The van der Waals surface area contributed by atoms with E-state index in [1.165, 1.54) is 6.42 Å². The molecule has 0 bridgehead atoms. The number of thioether (sulfide) groups is 1. The van der Waals surface area contributed by atoms with Gasteiger partial charge in [-0.25, -0.2) is 0 Å². The van der Waals surface area contributed by atoms with Crippen LogP contribution in [-0.4, -0.2) is 38.1 Å². The minimum atomic E-state index is 0.0477. The third-order valence-corrected chi connectivity index (χ3v) is 4.80. The highest BCUT2D eigenvalue weighted by Gasteiger charge is 2.25. The number of hydrogen-bond acceptors (Lipinski definition) is 5. The number of hydrogen-bond donors (Lipinski definition) is 0. The molecule has 0 amide bonds. The fraction of sp³-hybridized carbons (Fsp3) is 0.533. The summed E-state index contributed by atoms with van der Waals surface area (Å²) in [6.45, 7) is 0. The molecule has 0 radical (unpaired) electrons. The Balaban J connectivity index is 2.33. The van der Waals surface area contributed by atoms with Gasteiger partial charge in [0.1, 0.15) is 0 Å². The number of benzene rings is 1. The minimum Gasteiger partial charge on any atom is -0.493 e. The largest absolute Gasteiger partial charge is 0.493 e. The Bertz CT molecular complexity index is 456. The van der Waals surface area contributed by atoms with Crippen LogP contribution in [0, 0.1) is 0 Å². The van der Waals surface area contributed by atoms with Gasteiger partial charge in [0, 0.05) is 5.56 Å². The predicted molar refractivity (Wildman–Crippen MR) is 80.5 cm³/mol. The zero-order valence-electron chi connectivity index (χ0n) is 12.1. The highest BCUT2D eigenvalue weighted by atomic mass is 32.2. The quantitative estimate of drug-likeness (QED) is 0.781. The second-order valence-corrected chi connectivity index (χ2v) is 5.94. The fourth-order valence-corrected chi connectivity index (χ4v) is 3.63. The number of methoxy groups -OCH3 is 3. The lowest BCUT2D eigenvalue weighted by atomic mass is 10.0. The summed E-state index contributed by atoms with van der Waals surface area (Å²) in [5.41, 5.74) is 0.624. The van der Waals surface area contributed by atoms with Crippen molar-refractivity contribution in [2.24, 2.45) is 0 Å². The summed E-state index contributed by atoms with van der Waals surface area (Å²) in [7, 11) is 4.67. The van der Waals surface area contributed by atoms with E-state index in [1.807, 2.05) is 0 Å². The average Bonchev–Trinajstić information content (AvgIpc) is 2.53. The molecule has 1 aliphatic heterocycles. The Morgan fingerprint density at radius 2 is 1.75 bits per heavy atom. The van der Waals surface area contributed by atoms with Gasteiger partial charge >= 0.3 is 0 Å². The van der Waals surface area contributed by atoms with Crippen molar-refractivity contribution in [2.45, 2.75) is 24.5 Å². The first kappa shape index (κ1) is 15.0. The van der Waals surface area contributed by atoms with E-state index in [0.29, 0.717) is 22.8 Å². The van der Waals surface area contributed by atoms with Crippen molar-refractivity contribution in [3.63, 3.8) is 0 Å². The van der Waals surface area contributed by atoms with E-state index in [9.17, 15) is 4.79 Å². The molecule has 1 unspecified atom stereocenters. The Labute approximate surface area is 123 Å². The van der Waals surface area contributed by atoms with E-state index in [4.69, 9.17) is 14.2 Å². The second kappa shape index (κ2) is 6.88. The van der Waals surface area contributed by atoms with Crippen LogP contribution in [0.4, 0.5) is 0 Å². The number of ketones is 1. The van der Waals surface area contributed by atoms with Crippen molar-refractivity contribution < 1.29 is 19.0 Å². The van der Waals surface area contributed by atoms with Crippen LogP contribution in [0.15, 0.2) is 12.1 Å². The maximum Gasteiger partial charge on any atom is 0.203 e. The van der Waals surface area contributed by atoms with Crippen molar-refractivity contribution in [3.8, 4) is 17.2 Å². The monoisotopic (exact) mass is 296 g/mol. The zero-order chi connectivity index (χ0) is 14.5. The molecule has 5 heteroatoms. The molecule has 0 saturated carbocycles. The van der Waals surface area contributed by atoms with E-state index in [0.717, 1.165) is 18.6 Å². The lowest BCUT2D eigenvalue weighted by molar-refractivity contribution is 0.0984. The van der Waals surface area contributed by atoms with Gasteiger partial charge in [0.05, 0.1) is 26.6 Å². The van der Waals surface area contributed by atoms with Gasteiger partial charge in [0.25, 0.3) is 0 Å². The van der Waals surface area contributed by atoms with Crippen molar-refractivity contribution in [1.82, 2.24) is 0 Å². The smallest absolute Gasteiger partial charge is 0.203 e. The molecule has 1 heterocycles. The number of rotatable bonds is 5. The summed E-state index contributed by atoms with van der Waals surface area (Å²) in [4.78, 5) is 12.6. The molecular formula is C15H20O4S. The van der Waals surface area contributed by atoms with Gasteiger partial charge in [0.15, 0.2) is 17.3 Å². The van der Waals surface area contributed by atoms with Gasteiger partial charge in [-0.3, -0.25) is 4.79 Å². The van der Waals surface area contributed by atoms with E-state index in [2.05, 4.69) is 0 Å². The highest BCUT2D eigenvalue weighted by molar-refractivity contribution is 8.00. The van der Waals surface area contributed by atoms with E-state index in [1.54, 1.807) is 45.2 Å². The number of Topliss-reactive ketones (excluding diaryl/α,β-unsaturated/α-hetero) is 1. The molecule has 1 atom stereocenters.